The van der Waals surface area contributed by atoms with Crippen LogP contribution < -0.4 is 5.32 Å². The third-order valence-corrected chi connectivity index (χ3v) is 6.74. The first-order valence-corrected chi connectivity index (χ1v) is 12.5. The van der Waals surface area contributed by atoms with Crippen LogP contribution in [-0.2, 0) is 9.53 Å². The molecule has 0 fully saturated rings. The van der Waals surface area contributed by atoms with E-state index >= 15 is 0 Å². The maximum Gasteiger partial charge on any atom is 0.337 e. The molecule has 1 unspecified atom stereocenters. The van der Waals surface area contributed by atoms with E-state index in [1.165, 1.54) is 18.3 Å². The average molecular weight is 500 g/mol. The number of hydrogen-bond donors (Lipinski definition) is 1. The monoisotopic (exact) mass is 499 g/mol. The molecule has 0 bridgehead atoms. The minimum Gasteiger partial charge on any atom is -0.465 e. The van der Waals surface area contributed by atoms with Gasteiger partial charge >= 0.3 is 5.97 Å². The van der Waals surface area contributed by atoms with Gasteiger partial charge in [-0.05, 0) is 80.0 Å². The zero-order chi connectivity index (χ0) is 27.0. The fraction of sp³-hybridized carbons (Fsp3) is 0.323. The molecule has 0 aliphatic heterocycles. The summed E-state index contributed by atoms with van der Waals surface area (Å²) in [5, 5.41) is 2.80. The van der Waals surface area contributed by atoms with Gasteiger partial charge < -0.3 is 14.6 Å². The normalized spacial score (nSPS) is 18.5. The summed E-state index contributed by atoms with van der Waals surface area (Å²) in [7, 11) is 1.33. The van der Waals surface area contributed by atoms with Gasteiger partial charge in [-0.3, -0.25) is 4.79 Å². The van der Waals surface area contributed by atoms with Crippen molar-refractivity contribution in [3.05, 3.63) is 107 Å². The minimum atomic E-state index is -0.412. The van der Waals surface area contributed by atoms with Gasteiger partial charge in [-0.15, -0.1) is 0 Å². The second-order valence-electron chi connectivity index (χ2n) is 10.1. The lowest BCUT2D eigenvalue weighted by Crippen LogP contribution is -2.25. The van der Waals surface area contributed by atoms with Crippen molar-refractivity contribution in [3.63, 3.8) is 0 Å². The molecule has 0 spiro atoms. The van der Waals surface area contributed by atoms with Crippen LogP contribution in [0.1, 0.15) is 63.9 Å². The van der Waals surface area contributed by atoms with Gasteiger partial charge in [0.15, 0.2) is 0 Å². The first-order valence-electron chi connectivity index (χ1n) is 12.5. The molecule has 1 atom stereocenters. The summed E-state index contributed by atoms with van der Waals surface area (Å²) >= 11 is 0. The Morgan fingerprint density at radius 1 is 1.14 bits per heavy atom. The van der Waals surface area contributed by atoms with Crippen molar-refractivity contribution in [1.29, 1.82) is 0 Å². The van der Waals surface area contributed by atoms with Crippen LogP contribution in [-0.4, -0.2) is 28.5 Å². The number of methoxy groups -OCH3 is 1. The first-order chi connectivity index (χ1) is 17.6. The highest BCUT2D eigenvalue weighted by Gasteiger charge is 2.32. The third-order valence-electron chi connectivity index (χ3n) is 6.74. The maximum atomic E-state index is 12.3. The molecule has 6 heteroatoms. The molecule has 1 aromatic heterocycles. The van der Waals surface area contributed by atoms with Crippen molar-refractivity contribution in [2.24, 2.45) is 5.41 Å². The second kappa shape index (κ2) is 12.3. The number of nitrogens with zero attached hydrogens (tertiary/aromatic N) is 2. The number of imidazole rings is 1. The van der Waals surface area contributed by atoms with Crippen LogP contribution in [0.25, 0.3) is 0 Å². The van der Waals surface area contributed by atoms with Gasteiger partial charge in [-0.2, -0.15) is 0 Å². The van der Waals surface area contributed by atoms with Gasteiger partial charge in [-0.1, -0.05) is 49.8 Å². The minimum absolute atomic E-state index is 0.125. The molecule has 194 valence electrons. The number of anilines is 1. The number of esters is 1. The highest BCUT2D eigenvalue weighted by molar-refractivity contribution is 6.00. The molecule has 3 rings (SSSR count). The van der Waals surface area contributed by atoms with Crippen molar-refractivity contribution in [2.45, 2.75) is 53.5 Å². The van der Waals surface area contributed by atoms with Gasteiger partial charge in [0.05, 0.1) is 25.0 Å². The van der Waals surface area contributed by atoms with Gasteiger partial charge in [0.25, 0.3) is 0 Å². The van der Waals surface area contributed by atoms with E-state index < -0.39 is 5.97 Å². The first kappa shape index (κ1) is 27.7. The largest absolute Gasteiger partial charge is 0.465 e. The van der Waals surface area contributed by atoms with E-state index in [4.69, 9.17) is 0 Å². The van der Waals surface area contributed by atoms with E-state index in [1.54, 1.807) is 30.3 Å². The summed E-state index contributed by atoms with van der Waals surface area (Å²) in [5.74, 6) is -0.645. The predicted octanol–water partition coefficient (Wildman–Crippen LogP) is 6.99. The van der Waals surface area contributed by atoms with Gasteiger partial charge in [-0.25, -0.2) is 9.78 Å². The predicted molar refractivity (Wildman–Crippen MR) is 149 cm³/mol. The number of benzene rings is 1. The summed E-state index contributed by atoms with van der Waals surface area (Å²) in [6.45, 7) is 10.8. The van der Waals surface area contributed by atoms with Crippen LogP contribution in [0.15, 0.2) is 102 Å². The molecule has 1 heterocycles. The van der Waals surface area contributed by atoms with E-state index in [1.807, 2.05) is 43.9 Å². The van der Waals surface area contributed by atoms with Crippen molar-refractivity contribution in [1.82, 2.24) is 9.55 Å². The number of carbonyl (C=O) groups is 2. The number of ether oxygens (including phenoxy) is 1. The molecule has 1 amide bonds. The number of amides is 1. The number of allylic oxidation sites excluding steroid dienone is 9. The van der Waals surface area contributed by atoms with Crippen LogP contribution in [0.2, 0.25) is 0 Å². The van der Waals surface area contributed by atoms with Crippen molar-refractivity contribution < 1.29 is 14.3 Å². The van der Waals surface area contributed by atoms with Crippen molar-refractivity contribution in [2.75, 3.05) is 12.4 Å². The van der Waals surface area contributed by atoms with E-state index in [2.05, 4.69) is 59.5 Å². The van der Waals surface area contributed by atoms with E-state index in [0.29, 0.717) is 17.3 Å². The number of aromatic nitrogens is 2. The molecule has 0 saturated carbocycles. The van der Waals surface area contributed by atoms with Gasteiger partial charge in [0.2, 0.25) is 5.91 Å². The summed E-state index contributed by atoms with van der Waals surface area (Å²) in [5.41, 5.74) is 5.88. The molecule has 37 heavy (non-hydrogen) atoms. The lowest BCUT2D eigenvalue weighted by atomic mass is 9.71. The second-order valence-corrected chi connectivity index (χ2v) is 10.1. The number of hydrogen-bond acceptors (Lipinski definition) is 4. The standard InChI is InChI=1S/C31H37N3O3/c1-22(10-15-27-24(3)28(16-17-31(27,4)5)34-19-18-32-21-34)8-7-9-23(2)20-29(35)33-26-13-11-25(12-14-26)30(36)37-6/h7-15,18-21,28H,16-17H2,1-6H3,(H,33,35)/b9-7+,15-10+,22-8+,23-20-. The number of nitrogens with one attached hydrogen (secondary N) is 1. The molecule has 6 nitrogen and oxygen atoms in total. The Kier molecular flexibility index (Phi) is 9.23. The Morgan fingerprint density at radius 2 is 1.86 bits per heavy atom. The van der Waals surface area contributed by atoms with Crippen LogP contribution in [0.5, 0.6) is 0 Å². The summed E-state index contributed by atoms with van der Waals surface area (Å²) in [6, 6.07) is 6.92. The number of carbonyl (C=O) groups excluding carboxylic acids is 2. The summed E-state index contributed by atoms with van der Waals surface area (Å²) < 4.78 is 6.89. The zero-order valence-corrected chi connectivity index (χ0v) is 22.6. The van der Waals surface area contributed by atoms with Crippen LogP contribution >= 0.6 is 0 Å². The third kappa shape index (κ3) is 7.53. The Bertz CT molecular complexity index is 1260. The Hall–Kier alpha value is -3.93. The smallest absolute Gasteiger partial charge is 0.337 e. The van der Waals surface area contributed by atoms with E-state index in [-0.39, 0.29) is 11.3 Å². The van der Waals surface area contributed by atoms with Crippen LogP contribution in [0.4, 0.5) is 5.69 Å². The molecule has 0 saturated heterocycles. The highest BCUT2D eigenvalue weighted by Crippen LogP contribution is 2.45. The van der Waals surface area contributed by atoms with Gasteiger partial charge in [0, 0.05) is 24.2 Å². The highest BCUT2D eigenvalue weighted by atomic mass is 16.5. The lowest BCUT2D eigenvalue weighted by molar-refractivity contribution is -0.111. The molecule has 2 aromatic rings. The molecule has 0 radical (unpaired) electrons. The fourth-order valence-electron chi connectivity index (χ4n) is 4.61. The molecule has 1 aliphatic carbocycles. The van der Waals surface area contributed by atoms with Crippen LogP contribution in [0.3, 0.4) is 0 Å². The van der Waals surface area contributed by atoms with Crippen molar-refractivity contribution >= 4 is 17.6 Å². The average Bonchev–Trinajstić information content (AvgIpc) is 3.38. The Morgan fingerprint density at radius 3 is 2.51 bits per heavy atom. The quantitative estimate of drug-likeness (QED) is 0.241. The maximum absolute atomic E-state index is 12.3. The van der Waals surface area contributed by atoms with Crippen molar-refractivity contribution in [3.8, 4) is 0 Å². The SMILES string of the molecule is COC(=O)c1ccc(NC(=O)\C=C(C)/C=C/C=C(C)/C=C/C2=C(C)C(n3ccnc3)CCC2(C)C)cc1. The lowest BCUT2D eigenvalue weighted by Gasteiger charge is -2.37. The zero-order valence-electron chi connectivity index (χ0n) is 22.6. The van der Waals surface area contributed by atoms with E-state index in [9.17, 15) is 9.59 Å². The molecule has 1 N–H and O–H groups in total. The molecular formula is C31H37N3O3. The summed E-state index contributed by atoms with van der Waals surface area (Å²) in [6.07, 6.45) is 19.9. The summed E-state index contributed by atoms with van der Waals surface area (Å²) in [4.78, 5) is 28.1. The Labute approximate surface area is 220 Å². The van der Waals surface area contributed by atoms with E-state index in [0.717, 1.165) is 24.0 Å². The topological polar surface area (TPSA) is 73.2 Å². The molecule has 1 aliphatic rings. The van der Waals surface area contributed by atoms with Gasteiger partial charge in [0.1, 0.15) is 0 Å². The molecular weight excluding hydrogens is 462 g/mol. The molecule has 1 aromatic carbocycles. The fourth-order valence-corrected chi connectivity index (χ4v) is 4.61. The Balaban J connectivity index is 1.62. The van der Waals surface area contributed by atoms with Crippen LogP contribution in [0, 0.1) is 5.41 Å². The number of rotatable bonds is 8.